The molecule has 1 N–H and O–H groups in total. The second kappa shape index (κ2) is 8.54. The average molecular weight is 270 g/mol. The van der Waals surface area contributed by atoms with Gasteiger partial charge in [0.25, 0.3) is 0 Å². The molecule has 4 heteroatoms. The van der Waals surface area contributed by atoms with Crippen molar-refractivity contribution in [1.82, 2.24) is 9.80 Å². The van der Waals surface area contributed by atoms with E-state index < -0.39 is 0 Å². The number of rotatable bonds is 7. The second-order valence-corrected chi connectivity index (χ2v) is 5.78. The van der Waals surface area contributed by atoms with Gasteiger partial charge in [0.15, 0.2) is 0 Å². The lowest BCUT2D eigenvalue weighted by molar-refractivity contribution is -0.138. The molecule has 0 bridgehead atoms. The van der Waals surface area contributed by atoms with Crippen molar-refractivity contribution < 1.29 is 9.90 Å². The van der Waals surface area contributed by atoms with E-state index in [9.17, 15) is 4.79 Å². The van der Waals surface area contributed by atoms with Gasteiger partial charge in [-0.25, -0.2) is 0 Å². The summed E-state index contributed by atoms with van der Waals surface area (Å²) in [6, 6.07) is 0.719. The monoisotopic (exact) mass is 270 g/mol. The van der Waals surface area contributed by atoms with Gasteiger partial charge in [-0.05, 0) is 46.1 Å². The highest BCUT2D eigenvalue weighted by atomic mass is 16.3. The fourth-order valence-electron chi connectivity index (χ4n) is 2.98. The fraction of sp³-hybridized carbons (Fsp3) is 0.933. The number of piperidine rings is 1. The minimum Gasteiger partial charge on any atom is -0.395 e. The predicted octanol–water partition coefficient (Wildman–Crippen LogP) is 1.87. The molecule has 0 aromatic heterocycles. The standard InChI is InChI=1S/C15H30N2O2/c1-4-5-9-16(10-11-18)12-15(19)17-13(2)7-6-8-14(17)3/h13-14,18H,4-12H2,1-3H3/t13-,14+. The number of aliphatic hydroxyl groups excluding tert-OH is 1. The molecule has 0 saturated carbocycles. The van der Waals surface area contributed by atoms with Crippen molar-refractivity contribution in [3.63, 3.8) is 0 Å². The van der Waals surface area contributed by atoms with Crippen molar-refractivity contribution in [3.8, 4) is 0 Å². The molecule has 19 heavy (non-hydrogen) atoms. The molecular weight excluding hydrogens is 240 g/mol. The van der Waals surface area contributed by atoms with E-state index in [2.05, 4.69) is 30.6 Å². The summed E-state index contributed by atoms with van der Waals surface area (Å²) in [4.78, 5) is 16.6. The average Bonchev–Trinajstić information content (AvgIpc) is 2.36. The molecule has 4 nitrogen and oxygen atoms in total. The van der Waals surface area contributed by atoms with Gasteiger partial charge in [-0.15, -0.1) is 0 Å². The number of aliphatic hydroxyl groups is 1. The maximum atomic E-state index is 12.5. The molecule has 0 unspecified atom stereocenters. The molecule has 0 aliphatic carbocycles. The normalized spacial score (nSPS) is 23.9. The number of hydrogen-bond donors (Lipinski definition) is 1. The summed E-state index contributed by atoms with van der Waals surface area (Å²) < 4.78 is 0. The minimum atomic E-state index is 0.127. The molecule has 1 heterocycles. The molecule has 1 saturated heterocycles. The largest absolute Gasteiger partial charge is 0.395 e. The number of unbranched alkanes of at least 4 members (excludes halogenated alkanes) is 1. The lowest BCUT2D eigenvalue weighted by Crippen LogP contribution is -2.51. The van der Waals surface area contributed by atoms with Crippen LogP contribution in [0.3, 0.4) is 0 Å². The van der Waals surface area contributed by atoms with Crippen LogP contribution in [0.1, 0.15) is 52.9 Å². The summed E-state index contributed by atoms with van der Waals surface area (Å²) in [5, 5.41) is 9.10. The molecule has 1 aliphatic heterocycles. The van der Waals surface area contributed by atoms with Gasteiger partial charge in [0, 0.05) is 18.6 Å². The van der Waals surface area contributed by atoms with E-state index in [0.29, 0.717) is 25.2 Å². The third-order valence-corrected chi connectivity index (χ3v) is 4.08. The lowest BCUT2D eigenvalue weighted by Gasteiger charge is -2.40. The van der Waals surface area contributed by atoms with Gasteiger partial charge in [0.2, 0.25) is 5.91 Å². The highest BCUT2D eigenvalue weighted by Gasteiger charge is 2.29. The number of nitrogens with zero attached hydrogens (tertiary/aromatic N) is 2. The van der Waals surface area contributed by atoms with E-state index in [1.807, 2.05) is 0 Å². The van der Waals surface area contributed by atoms with Gasteiger partial charge in [-0.1, -0.05) is 13.3 Å². The fourth-order valence-corrected chi connectivity index (χ4v) is 2.98. The molecular formula is C15H30N2O2. The molecule has 112 valence electrons. The number of carbonyl (C=O) groups excluding carboxylic acids is 1. The lowest BCUT2D eigenvalue weighted by atomic mass is 9.97. The molecule has 2 atom stereocenters. The van der Waals surface area contributed by atoms with Crippen molar-refractivity contribution in [2.45, 2.75) is 65.0 Å². The van der Waals surface area contributed by atoms with Crippen molar-refractivity contribution in [2.24, 2.45) is 0 Å². The van der Waals surface area contributed by atoms with E-state index in [0.717, 1.165) is 32.2 Å². The maximum Gasteiger partial charge on any atom is 0.237 e. The van der Waals surface area contributed by atoms with Crippen LogP contribution in [-0.4, -0.2) is 59.1 Å². The van der Waals surface area contributed by atoms with Crippen LogP contribution in [0.4, 0.5) is 0 Å². The zero-order valence-corrected chi connectivity index (χ0v) is 12.8. The van der Waals surface area contributed by atoms with Gasteiger partial charge in [0.05, 0.1) is 13.2 Å². The third kappa shape index (κ3) is 5.11. The number of likely N-dealkylation sites (tertiary alicyclic amines) is 1. The Balaban J connectivity index is 2.53. The Hall–Kier alpha value is -0.610. The molecule has 1 amide bonds. The van der Waals surface area contributed by atoms with Crippen LogP contribution in [0.5, 0.6) is 0 Å². The number of carbonyl (C=O) groups is 1. The van der Waals surface area contributed by atoms with Crippen LogP contribution in [-0.2, 0) is 4.79 Å². The van der Waals surface area contributed by atoms with Crippen LogP contribution in [0.2, 0.25) is 0 Å². The predicted molar refractivity (Wildman–Crippen MR) is 78.1 cm³/mol. The van der Waals surface area contributed by atoms with Gasteiger partial charge in [-0.2, -0.15) is 0 Å². The molecule has 0 spiro atoms. The highest BCUT2D eigenvalue weighted by molar-refractivity contribution is 5.79. The first kappa shape index (κ1) is 16.4. The van der Waals surface area contributed by atoms with E-state index in [1.54, 1.807) is 0 Å². The van der Waals surface area contributed by atoms with Gasteiger partial charge < -0.3 is 10.0 Å². The first-order valence-corrected chi connectivity index (χ1v) is 7.74. The Bertz CT molecular complexity index is 261. The molecule has 1 fully saturated rings. The molecule has 1 aliphatic rings. The maximum absolute atomic E-state index is 12.5. The summed E-state index contributed by atoms with van der Waals surface area (Å²) in [6.07, 6.45) is 5.66. The summed E-state index contributed by atoms with van der Waals surface area (Å²) in [5.41, 5.74) is 0. The van der Waals surface area contributed by atoms with Gasteiger partial charge in [-0.3, -0.25) is 9.69 Å². The highest BCUT2D eigenvalue weighted by Crippen LogP contribution is 2.22. The molecule has 1 rings (SSSR count). The third-order valence-electron chi connectivity index (χ3n) is 4.08. The van der Waals surface area contributed by atoms with Crippen LogP contribution in [0, 0.1) is 0 Å². The van der Waals surface area contributed by atoms with Gasteiger partial charge >= 0.3 is 0 Å². The van der Waals surface area contributed by atoms with Crippen LogP contribution < -0.4 is 0 Å². The smallest absolute Gasteiger partial charge is 0.237 e. The summed E-state index contributed by atoms with van der Waals surface area (Å²) >= 11 is 0. The quantitative estimate of drug-likeness (QED) is 0.768. The van der Waals surface area contributed by atoms with E-state index in [4.69, 9.17) is 5.11 Å². The SMILES string of the molecule is CCCCN(CCO)CC(=O)N1[C@H](C)CCC[C@@H]1C. The number of hydrogen-bond acceptors (Lipinski definition) is 3. The molecule has 0 radical (unpaired) electrons. The van der Waals surface area contributed by atoms with Crippen molar-refractivity contribution in [2.75, 3.05) is 26.2 Å². The second-order valence-electron chi connectivity index (χ2n) is 5.78. The zero-order chi connectivity index (χ0) is 14.3. The zero-order valence-electron chi connectivity index (χ0n) is 12.8. The summed E-state index contributed by atoms with van der Waals surface area (Å²) in [7, 11) is 0. The molecule has 0 aromatic rings. The Labute approximate surface area is 117 Å². The van der Waals surface area contributed by atoms with E-state index in [-0.39, 0.29) is 12.5 Å². The van der Waals surface area contributed by atoms with Crippen molar-refractivity contribution >= 4 is 5.91 Å². The van der Waals surface area contributed by atoms with Gasteiger partial charge in [0.1, 0.15) is 0 Å². The van der Waals surface area contributed by atoms with E-state index >= 15 is 0 Å². The first-order valence-electron chi connectivity index (χ1n) is 7.74. The summed E-state index contributed by atoms with van der Waals surface area (Å²) in [5.74, 6) is 0.226. The van der Waals surface area contributed by atoms with Crippen molar-refractivity contribution in [3.05, 3.63) is 0 Å². The topological polar surface area (TPSA) is 43.8 Å². The van der Waals surface area contributed by atoms with Crippen LogP contribution >= 0.6 is 0 Å². The first-order chi connectivity index (χ1) is 9.10. The van der Waals surface area contributed by atoms with E-state index in [1.165, 1.54) is 6.42 Å². The molecule has 0 aromatic carbocycles. The minimum absolute atomic E-state index is 0.127. The Morgan fingerprint density at radius 3 is 2.42 bits per heavy atom. The Kier molecular flexibility index (Phi) is 7.39. The number of amides is 1. The Morgan fingerprint density at radius 1 is 1.26 bits per heavy atom. The van der Waals surface area contributed by atoms with Crippen molar-refractivity contribution in [1.29, 1.82) is 0 Å². The van der Waals surface area contributed by atoms with Crippen LogP contribution in [0.25, 0.3) is 0 Å². The van der Waals surface area contributed by atoms with Crippen LogP contribution in [0.15, 0.2) is 0 Å². The summed E-state index contributed by atoms with van der Waals surface area (Å²) in [6.45, 7) is 8.53. The Morgan fingerprint density at radius 2 is 1.89 bits per heavy atom.